The largest absolute Gasteiger partial charge is 0.328 e. The molecule has 0 bridgehead atoms. The van der Waals surface area contributed by atoms with Gasteiger partial charge in [-0.25, -0.2) is 0 Å². The van der Waals surface area contributed by atoms with E-state index in [1.165, 1.54) is 6.07 Å². The van der Waals surface area contributed by atoms with E-state index in [2.05, 4.69) is 0 Å². The van der Waals surface area contributed by atoms with E-state index in [1.54, 1.807) is 12.1 Å². The third kappa shape index (κ3) is 2.81. The molecule has 14 heavy (non-hydrogen) atoms. The van der Waals surface area contributed by atoms with Gasteiger partial charge in [0.2, 0.25) is 0 Å². The molecule has 2 N–H and O–H groups in total. The fourth-order valence-electron chi connectivity index (χ4n) is 1.28. The number of hydrogen-bond acceptors (Lipinski definition) is 3. The average Bonchev–Trinajstić information content (AvgIpc) is 2.15. The van der Waals surface area contributed by atoms with Crippen molar-refractivity contribution in [3.8, 4) is 0 Å². The smallest absolute Gasteiger partial charge is 0.272 e. The summed E-state index contributed by atoms with van der Waals surface area (Å²) in [5.74, 6) is 0. The van der Waals surface area contributed by atoms with Crippen molar-refractivity contribution in [1.82, 2.24) is 0 Å². The Bertz CT molecular complexity index is 324. The van der Waals surface area contributed by atoms with Crippen LogP contribution in [0.25, 0.3) is 0 Å². The molecule has 0 unspecified atom stereocenters. The zero-order valence-electron chi connectivity index (χ0n) is 8.14. The first kappa shape index (κ1) is 10.7. The Kier molecular flexibility index (Phi) is 3.59. The first-order valence-electron chi connectivity index (χ1n) is 4.59. The highest BCUT2D eigenvalue weighted by atomic mass is 16.6. The molecule has 0 aliphatic carbocycles. The monoisotopic (exact) mass is 194 g/mol. The predicted molar refractivity (Wildman–Crippen MR) is 55.1 cm³/mol. The topological polar surface area (TPSA) is 69.2 Å². The third-order valence-electron chi connectivity index (χ3n) is 2.06. The molecule has 0 spiro atoms. The SMILES string of the molecule is C[C@@H](N)CCc1ccccc1[N+](=O)[O-]. The van der Waals surface area contributed by atoms with Crippen molar-refractivity contribution in [3.05, 3.63) is 39.9 Å². The second-order valence-corrected chi connectivity index (χ2v) is 3.40. The van der Waals surface area contributed by atoms with E-state index in [9.17, 15) is 10.1 Å². The quantitative estimate of drug-likeness (QED) is 0.587. The normalized spacial score (nSPS) is 12.4. The zero-order chi connectivity index (χ0) is 10.6. The lowest BCUT2D eigenvalue weighted by Gasteiger charge is -2.05. The summed E-state index contributed by atoms with van der Waals surface area (Å²) in [6.45, 7) is 1.90. The fourth-order valence-corrected chi connectivity index (χ4v) is 1.28. The summed E-state index contributed by atoms with van der Waals surface area (Å²) < 4.78 is 0. The molecule has 0 aliphatic rings. The highest BCUT2D eigenvalue weighted by Gasteiger charge is 2.11. The number of nitrogens with two attached hydrogens (primary N) is 1. The molecule has 0 saturated heterocycles. The van der Waals surface area contributed by atoms with Gasteiger partial charge in [-0.1, -0.05) is 18.2 Å². The first-order chi connectivity index (χ1) is 6.61. The minimum absolute atomic E-state index is 0.0785. The Balaban J connectivity index is 2.79. The molecule has 4 heteroatoms. The molecule has 1 rings (SSSR count). The van der Waals surface area contributed by atoms with Gasteiger partial charge in [0.15, 0.2) is 0 Å². The van der Waals surface area contributed by atoms with Crippen LogP contribution >= 0.6 is 0 Å². The Hall–Kier alpha value is -1.42. The number of hydrogen-bond donors (Lipinski definition) is 1. The number of benzene rings is 1. The van der Waals surface area contributed by atoms with Crippen molar-refractivity contribution in [1.29, 1.82) is 0 Å². The molecule has 76 valence electrons. The van der Waals surface area contributed by atoms with Crippen molar-refractivity contribution >= 4 is 5.69 Å². The number of aryl methyl sites for hydroxylation is 1. The highest BCUT2D eigenvalue weighted by molar-refractivity contribution is 5.39. The Labute approximate surface area is 82.9 Å². The van der Waals surface area contributed by atoms with Gasteiger partial charge < -0.3 is 5.73 Å². The van der Waals surface area contributed by atoms with Crippen LogP contribution in [0.4, 0.5) is 5.69 Å². The van der Waals surface area contributed by atoms with Crippen LogP contribution in [-0.4, -0.2) is 11.0 Å². The molecule has 0 fully saturated rings. The first-order valence-corrected chi connectivity index (χ1v) is 4.59. The number of nitrogens with zero attached hydrogens (tertiary/aromatic N) is 1. The van der Waals surface area contributed by atoms with Crippen molar-refractivity contribution < 1.29 is 4.92 Å². The van der Waals surface area contributed by atoms with Gasteiger partial charge in [-0.15, -0.1) is 0 Å². The third-order valence-corrected chi connectivity index (χ3v) is 2.06. The maximum absolute atomic E-state index is 10.6. The molecule has 1 atom stereocenters. The van der Waals surface area contributed by atoms with Gasteiger partial charge in [-0.2, -0.15) is 0 Å². The van der Waals surface area contributed by atoms with E-state index in [1.807, 2.05) is 13.0 Å². The lowest BCUT2D eigenvalue weighted by atomic mass is 10.1. The lowest BCUT2D eigenvalue weighted by molar-refractivity contribution is -0.385. The Morgan fingerprint density at radius 3 is 2.71 bits per heavy atom. The minimum atomic E-state index is -0.351. The molecule has 0 aromatic heterocycles. The van der Waals surface area contributed by atoms with E-state index in [-0.39, 0.29) is 16.7 Å². The summed E-state index contributed by atoms with van der Waals surface area (Å²) in [4.78, 5) is 10.3. The molecule has 1 aromatic carbocycles. The van der Waals surface area contributed by atoms with Gasteiger partial charge in [0.05, 0.1) is 4.92 Å². The molecule has 0 heterocycles. The van der Waals surface area contributed by atoms with Crippen molar-refractivity contribution in [2.24, 2.45) is 5.73 Å². The average molecular weight is 194 g/mol. The molecule has 0 amide bonds. The van der Waals surface area contributed by atoms with Crippen LogP contribution in [0.2, 0.25) is 0 Å². The van der Waals surface area contributed by atoms with E-state index < -0.39 is 0 Å². The Morgan fingerprint density at radius 1 is 1.50 bits per heavy atom. The van der Waals surface area contributed by atoms with E-state index in [0.29, 0.717) is 6.42 Å². The zero-order valence-corrected chi connectivity index (χ0v) is 8.14. The minimum Gasteiger partial charge on any atom is -0.328 e. The number of rotatable bonds is 4. The number of nitro groups is 1. The maximum Gasteiger partial charge on any atom is 0.272 e. The van der Waals surface area contributed by atoms with Crippen LogP contribution in [0, 0.1) is 10.1 Å². The van der Waals surface area contributed by atoms with Gasteiger partial charge in [0, 0.05) is 17.7 Å². The van der Waals surface area contributed by atoms with Crippen molar-refractivity contribution in [2.45, 2.75) is 25.8 Å². The predicted octanol–water partition coefficient (Wildman–Crippen LogP) is 1.87. The summed E-state index contributed by atoms with van der Waals surface area (Å²) in [6.07, 6.45) is 1.43. The Morgan fingerprint density at radius 2 is 2.14 bits per heavy atom. The van der Waals surface area contributed by atoms with E-state index >= 15 is 0 Å². The van der Waals surface area contributed by atoms with Crippen LogP contribution in [-0.2, 0) is 6.42 Å². The standard InChI is InChI=1S/C10H14N2O2/c1-8(11)6-7-9-4-2-3-5-10(9)12(13)14/h2-5,8H,6-7,11H2,1H3/t8-/m1/s1. The van der Waals surface area contributed by atoms with Crippen molar-refractivity contribution in [3.63, 3.8) is 0 Å². The summed E-state index contributed by atoms with van der Waals surface area (Å²) in [5.41, 5.74) is 6.54. The number of nitro benzene ring substituents is 1. The second kappa shape index (κ2) is 4.72. The van der Waals surface area contributed by atoms with Crippen LogP contribution < -0.4 is 5.73 Å². The fraction of sp³-hybridized carbons (Fsp3) is 0.400. The highest BCUT2D eigenvalue weighted by Crippen LogP contribution is 2.19. The molecular formula is C10H14N2O2. The summed E-state index contributed by atoms with van der Waals surface area (Å²) >= 11 is 0. The maximum atomic E-state index is 10.6. The molecule has 0 saturated carbocycles. The van der Waals surface area contributed by atoms with Gasteiger partial charge in [0.25, 0.3) is 5.69 Å². The molecular weight excluding hydrogens is 180 g/mol. The summed E-state index contributed by atoms with van der Waals surface area (Å²) in [7, 11) is 0. The van der Waals surface area contributed by atoms with Crippen LogP contribution in [0.1, 0.15) is 18.9 Å². The van der Waals surface area contributed by atoms with E-state index in [0.717, 1.165) is 12.0 Å². The van der Waals surface area contributed by atoms with Crippen molar-refractivity contribution in [2.75, 3.05) is 0 Å². The molecule has 0 aliphatic heterocycles. The van der Waals surface area contributed by atoms with Gasteiger partial charge in [-0.3, -0.25) is 10.1 Å². The second-order valence-electron chi connectivity index (χ2n) is 3.40. The van der Waals surface area contributed by atoms with Crippen LogP contribution in [0.3, 0.4) is 0 Å². The van der Waals surface area contributed by atoms with E-state index in [4.69, 9.17) is 5.73 Å². The van der Waals surface area contributed by atoms with Gasteiger partial charge in [-0.05, 0) is 19.8 Å². The van der Waals surface area contributed by atoms with Crippen LogP contribution in [0.5, 0.6) is 0 Å². The van der Waals surface area contributed by atoms with Gasteiger partial charge in [0.1, 0.15) is 0 Å². The molecule has 0 radical (unpaired) electrons. The lowest BCUT2D eigenvalue weighted by Crippen LogP contribution is -2.15. The summed E-state index contributed by atoms with van der Waals surface area (Å²) in [6, 6.07) is 6.86. The number of para-hydroxylation sites is 1. The van der Waals surface area contributed by atoms with Crippen LogP contribution in [0.15, 0.2) is 24.3 Å². The summed E-state index contributed by atoms with van der Waals surface area (Å²) in [5, 5.41) is 10.6. The molecule has 4 nitrogen and oxygen atoms in total. The molecule has 1 aromatic rings. The van der Waals surface area contributed by atoms with Gasteiger partial charge >= 0.3 is 0 Å².